The molecule has 5 rings (SSSR count). The highest BCUT2D eigenvalue weighted by molar-refractivity contribution is 5.93. The highest BCUT2D eigenvalue weighted by Crippen LogP contribution is 2.63. The molecular formula is C29H36O2. The monoisotopic (exact) mass is 416 g/mol. The van der Waals surface area contributed by atoms with Crippen molar-refractivity contribution < 1.29 is 9.90 Å². The fourth-order valence-electron chi connectivity index (χ4n) is 6.96. The number of rotatable bonds is 2. The molecule has 31 heavy (non-hydrogen) atoms. The topological polar surface area (TPSA) is 37.3 Å². The average Bonchev–Trinajstić information content (AvgIpc) is 3.07. The third-order valence-corrected chi connectivity index (χ3v) is 8.44. The van der Waals surface area contributed by atoms with Crippen molar-refractivity contribution in [3.8, 4) is 12.3 Å². The van der Waals surface area contributed by atoms with E-state index in [4.69, 9.17) is 0 Å². The zero-order chi connectivity index (χ0) is 22.2. The van der Waals surface area contributed by atoms with Crippen molar-refractivity contribution in [2.75, 3.05) is 0 Å². The molecule has 0 aromatic heterocycles. The second kappa shape index (κ2) is 8.79. The van der Waals surface area contributed by atoms with E-state index in [0.717, 1.165) is 44.9 Å². The van der Waals surface area contributed by atoms with E-state index in [1.54, 1.807) is 12.5 Å². The van der Waals surface area contributed by atoms with Crippen LogP contribution in [-0.4, -0.2) is 17.0 Å². The molecule has 164 valence electrons. The van der Waals surface area contributed by atoms with Crippen LogP contribution in [0.5, 0.6) is 0 Å². The number of aliphatic hydroxyl groups is 1. The second-order valence-electron chi connectivity index (χ2n) is 10.1. The number of allylic oxidation sites excluding steroid dienone is 4. The molecule has 0 saturated heterocycles. The van der Waals surface area contributed by atoms with E-state index in [-0.39, 0.29) is 11.5 Å². The Kier molecular flexibility index (Phi) is 6.27. The lowest BCUT2D eigenvalue weighted by atomic mass is 9.53. The van der Waals surface area contributed by atoms with E-state index in [9.17, 15) is 9.90 Å². The summed E-state index contributed by atoms with van der Waals surface area (Å²) in [6, 6.07) is 9.12. The van der Waals surface area contributed by atoms with Gasteiger partial charge in [0.2, 0.25) is 0 Å². The summed E-state index contributed by atoms with van der Waals surface area (Å²) in [4.78, 5) is 12.1. The Labute approximate surface area is 187 Å². The van der Waals surface area contributed by atoms with E-state index in [1.165, 1.54) is 22.3 Å². The molecule has 5 atom stereocenters. The third-order valence-electron chi connectivity index (χ3n) is 8.44. The van der Waals surface area contributed by atoms with Gasteiger partial charge in [0.25, 0.3) is 0 Å². The summed E-state index contributed by atoms with van der Waals surface area (Å²) in [6.07, 6.45) is 14.3. The van der Waals surface area contributed by atoms with E-state index < -0.39 is 0 Å². The minimum atomic E-state index is -0.175. The van der Waals surface area contributed by atoms with Crippen molar-refractivity contribution in [1.82, 2.24) is 0 Å². The summed E-state index contributed by atoms with van der Waals surface area (Å²) in [7, 11) is 0. The minimum absolute atomic E-state index is 0.0211. The van der Waals surface area contributed by atoms with Gasteiger partial charge in [-0.05, 0) is 97.5 Å². The Morgan fingerprint density at radius 3 is 2.71 bits per heavy atom. The van der Waals surface area contributed by atoms with E-state index in [2.05, 4.69) is 50.5 Å². The Morgan fingerprint density at radius 1 is 1.19 bits per heavy atom. The first-order valence-electron chi connectivity index (χ1n) is 12.0. The van der Waals surface area contributed by atoms with Gasteiger partial charge in [-0.15, -0.1) is 12.3 Å². The van der Waals surface area contributed by atoms with Crippen LogP contribution in [0, 0.1) is 29.6 Å². The van der Waals surface area contributed by atoms with Gasteiger partial charge in [0.15, 0.2) is 5.78 Å². The van der Waals surface area contributed by atoms with Gasteiger partial charge < -0.3 is 5.11 Å². The molecule has 2 nitrogen and oxygen atoms in total. The summed E-state index contributed by atoms with van der Waals surface area (Å²) in [6.45, 7) is 6.22. The highest BCUT2D eigenvalue weighted by atomic mass is 16.3. The van der Waals surface area contributed by atoms with Crippen molar-refractivity contribution >= 4 is 5.78 Å². The number of ketones is 1. The number of hydrogen-bond acceptors (Lipinski definition) is 2. The summed E-state index contributed by atoms with van der Waals surface area (Å²) < 4.78 is 0. The number of aliphatic hydroxyl groups excluding tert-OH is 1. The Hall–Kier alpha value is -2.11. The van der Waals surface area contributed by atoms with Crippen LogP contribution in [-0.2, 0) is 11.2 Å². The quantitative estimate of drug-likeness (QED) is 0.587. The molecule has 4 aliphatic carbocycles. The number of fused-ring (bicyclic) bond motifs is 4. The lowest BCUT2D eigenvalue weighted by molar-refractivity contribution is -0.114. The van der Waals surface area contributed by atoms with Crippen molar-refractivity contribution in [1.29, 1.82) is 0 Å². The highest BCUT2D eigenvalue weighted by Gasteiger charge is 2.56. The summed E-state index contributed by atoms with van der Waals surface area (Å²) in [5.74, 6) is 4.11. The molecule has 0 amide bonds. The summed E-state index contributed by atoms with van der Waals surface area (Å²) in [5.41, 5.74) is 7.29. The summed E-state index contributed by atoms with van der Waals surface area (Å²) >= 11 is 0. The minimum Gasteiger partial charge on any atom is -0.393 e. The average molecular weight is 417 g/mol. The molecule has 0 heterocycles. The number of hydrogen-bond donors (Lipinski definition) is 1. The maximum atomic E-state index is 12.1. The van der Waals surface area contributed by atoms with Crippen molar-refractivity contribution in [3.63, 3.8) is 0 Å². The molecule has 5 unspecified atom stereocenters. The van der Waals surface area contributed by atoms with E-state index in [1.807, 2.05) is 6.08 Å². The van der Waals surface area contributed by atoms with Gasteiger partial charge in [0.05, 0.1) is 6.10 Å². The number of aryl methyl sites for hydroxylation is 1. The normalized spacial score (nSPS) is 33.9. The first-order chi connectivity index (χ1) is 14.9. The second-order valence-corrected chi connectivity index (χ2v) is 10.1. The van der Waals surface area contributed by atoms with Gasteiger partial charge in [-0.25, -0.2) is 0 Å². The predicted octanol–water partition coefficient (Wildman–Crippen LogP) is 6.15. The molecule has 0 radical (unpaired) electrons. The van der Waals surface area contributed by atoms with Crippen LogP contribution < -0.4 is 0 Å². The van der Waals surface area contributed by atoms with Crippen LogP contribution in [0.1, 0.15) is 82.8 Å². The fraction of sp³-hybridized carbons (Fsp3) is 0.552. The van der Waals surface area contributed by atoms with Crippen LogP contribution in [0.4, 0.5) is 0 Å². The SMILES string of the molecule is C#CC.CCc1cccc(C2CC3(C)C(O)CCC3C3CCC4=CC(=O)CCC4=C23)c1. The number of terminal acetylenes is 1. The maximum Gasteiger partial charge on any atom is 0.156 e. The molecule has 0 bridgehead atoms. The largest absolute Gasteiger partial charge is 0.393 e. The van der Waals surface area contributed by atoms with Crippen molar-refractivity contribution in [3.05, 3.63) is 58.2 Å². The zero-order valence-electron chi connectivity index (χ0n) is 19.3. The molecule has 0 aliphatic heterocycles. The van der Waals surface area contributed by atoms with Crippen LogP contribution in [0.15, 0.2) is 47.1 Å². The Bertz CT molecular complexity index is 959. The van der Waals surface area contributed by atoms with Crippen molar-refractivity contribution in [2.45, 2.75) is 84.2 Å². The Morgan fingerprint density at radius 2 is 1.97 bits per heavy atom. The summed E-state index contributed by atoms with van der Waals surface area (Å²) in [5, 5.41) is 10.9. The van der Waals surface area contributed by atoms with Gasteiger partial charge in [-0.3, -0.25) is 4.79 Å². The van der Waals surface area contributed by atoms with Gasteiger partial charge in [0, 0.05) is 12.3 Å². The van der Waals surface area contributed by atoms with Gasteiger partial charge in [-0.1, -0.05) is 43.7 Å². The van der Waals surface area contributed by atoms with Gasteiger partial charge in [-0.2, -0.15) is 0 Å². The Balaban J connectivity index is 0.000000730. The first kappa shape index (κ1) is 22.1. The molecule has 1 aromatic rings. The number of benzene rings is 1. The fourth-order valence-corrected chi connectivity index (χ4v) is 6.96. The molecule has 2 fully saturated rings. The molecule has 4 aliphatic rings. The van der Waals surface area contributed by atoms with Crippen LogP contribution in [0.2, 0.25) is 0 Å². The molecule has 2 saturated carbocycles. The molecular weight excluding hydrogens is 380 g/mol. The van der Waals surface area contributed by atoms with E-state index in [0.29, 0.717) is 30.0 Å². The van der Waals surface area contributed by atoms with Crippen LogP contribution >= 0.6 is 0 Å². The van der Waals surface area contributed by atoms with Crippen LogP contribution in [0.3, 0.4) is 0 Å². The van der Waals surface area contributed by atoms with Crippen molar-refractivity contribution in [2.24, 2.45) is 17.3 Å². The van der Waals surface area contributed by atoms with E-state index >= 15 is 0 Å². The third kappa shape index (κ3) is 3.83. The molecule has 0 spiro atoms. The van der Waals surface area contributed by atoms with Gasteiger partial charge in [0.1, 0.15) is 0 Å². The maximum absolute atomic E-state index is 12.1. The number of carbonyl (C=O) groups excluding carboxylic acids is 1. The zero-order valence-corrected chi connectivity index (χ0v) is 19.3. The first-order valence-corrected chi connectivity index (χ1v) is 12.0. The van der Waals surface area contributed by atoms with Crippen LogP contribution in [0.25, 0.3) is 0 Å². The lowest BCUT2D eigenvalue weighted by Crippen LogP contribution is -2.45. The number of carbonyl (C=O) groups is 1. The van der Waals surface area contributed by atoms with Gasteiger partial charge >= 0.3 is 0 Å². The lowest BCUT2D eigenvalue weighted by Gasteiger charge is -2.52. The molecule has 2 heteroatoms. The molecule has 1 aromatic carbocycles. The smallest absolute Gasteiger partial charge is 0.156 e. The standard InChI is InChI=1S/C26H32O2.C3H4/c1-3-16-5-4-6-17(13-16)22-15-26(2)23(11-12-24(26)28)21-9-7-18-14-19(27)8-10-20(18)25(21)22;1-3-2/h4-6,13-14,21-24,28H,3,7-12,15H2,1-2H3;1H,2H3. The predicted molar refractivity (Wildman–Crippen MR) is 127 cm³/mol. The molecule has 1 N–H and O–H groups in total.